The maximum atomic E-state index is 11.3. The number of hydrogen-bond donors (Lipinski definition) is 1. The van der Waals surface area contributed by atoms with Crippen LogP contribution in [0.3, 0.4) is 0 Å². The van der Waals surface area contributed by atoms with Crippen LogP contribution in [0, 0.1) is 0 Å². The minimum atomic E-state index is -0.669. The summed E-state index contributed by atoms with van der Waals surface area (Å²) in [4.78, 5) is 15.7. The maximum Gasteiger partial charge on any atom is 0.230 e. The second-order valence-electron chi connectivity index (χ2n) is 6.41. The fourth-order valence-corrected chi connectivity index (χ4v) is 3.30. The second kappa shape index (κ2) is 5.80. The zero-order chi connectivity index (χ0) is 16.8. The number of hydrogen-bond acceptors (Lipinski definition) is 4. The number of carbonyl (C=O) groups is 1. The molecule has 1 amide bonds. The summed E-state index contributed by atoms with van der Waals surface area (Å²) in [6.07, 6.45) is 0.916. The van der Waals surface area contributed by atoms with Crippen molar-refractivity contribution in [2.45, 2.75) is 44.6 Å². The molecule has 7 heteroatoms. The van der Waals surface area contributed by atoms with Gasteiger partial charge in [0, 0.05) is 22.9 Å². The van der Waals surface area contributed by atoms with Gasteiger partial charge in [-0.15, -0.1) is 0 Å². The normalized spacial score (nSPS) is 20.4. The molecule has 1 fully saturated rings. The van der Waals surface area contributed by atoms with Gasteiger partial charge in [0.05, 0.1) is 5.54 Å². The lowest BCUT2D eigenvalue weighted by molar-refractivity contribution is -0.120. The van der Waals surface area contributed by atoms with E-state index in [4.69, 9.17) is 27.7 Å². The van der Waals surface area contributed by atoms with Gasteiger partial charge in [-0.05, 0) is 49.9 Å². The van der Waals surface area contributed by atoms with Gasteiger partial charge in [0.2, 0.25) is 11.8 Å². The van der Waals surface area contributed by atoms with Crippen LogP contribution in [0.4, 0.5) is 0 Å². The molecule has 0 aliphatic heterocycles. The molecule has 5 nitrogen and oxygen atoms in total. The average molecular weight is 354 g/mol. The third-order valence-electron chi connectivity index (χ3n) is 3.91. The highest BCUT2D eigenvalue weighted by molar-refractivity contribution is 6.34. The number of benzene rings is 1. The molecule has 1 heterocycles. The van der Waals surface area contributed by atoms with E-state index in [-0.39, 0.29) is 17.7 Å². The summed E-state index contributed by atoms with van der Waals surface area (Å²) >= 11 is 12.1. The van der Waals surface area contributed by atoms with Crippen LogP contribution in [-0.2, 0) is 10.3 Å². The number of halogens is 2. The number of nitrogens with one attached hydrogen (secondary N) is 1. The Labute approximate surface area is 144 Å². The summed E-state index contributed by atoms with van der Waals surface area (Å²) < 4.78 is 5.39. The smallest absolute Gasteiger partial charge is 0.230 e. The van der Waals surface area contributed by atoms with E-state index in [1.807, 2.05) is 26.0 Å². The molecule has 0 bridgehead atoms. The van der Waals surface area contributed by atoms with Crippen LogP contribution in [0.25, 0.3) is 0 Å². The van der Waals surface area contributed by atoms with E-state index in [1.54, 1.807) is 6.07 Å². The fourth-order valence-electron chi connectivity index (χ4n) is 2.76. The third-order valence-corrected chi connectivity index (χ3v) is 4.35. The molecule has 1 aliphatic carbocycles. The minimum absolute atomic E-state index is 0.140. The minimum Gasteiger partial charge on any atom is -0.344 e. The highest BCUT2D eigenvalue weighted by Gasteiger charge is 2.44. The van der Waals surface area contributed by atoms with Crippen LogP contribution in [0.5, 0.6) is 0 Å². The molecule has 1 N–H and O–H groups in total. The number of rotatable bonds is 4. The van der Waals surface area contributed by atoms with E-state index in [0.717, 1.165) is 12.0 Å². The zero-order valence-corrected chi connectivity index (χ0v) is 14.6. The molecule has 0 saturated heterocycles. The zero-order valence-electron chi connectivity index (χ0n) is 13.1. The van der Waals surface area contributed by atoms with Crippen LogP contribution in [0.15, 0.2) is 22.7 Å². The number of aromatic nitrogens is 2. The molecule has 2 atom stereocenters. The largest absolute Gasteiger partial charge is 0.344 e. The van der Waals surface area contributed by atoms with Gasteiger partial charge >= 0.3 is 0 Å². The Morgan fingerprint density at radius 1 is 1.26 bits per heavy atom. The van der Waals surface area contributed by atoms with Gasteiger partial charge in [-0.3, -0.25) is 4.79 Å². The van der Waals surface area contributed by atoms with Gasteiger partial charge < -0.3 is 9.84 Å². The lowest BCUT2D eigenvalue weighted by Gasteiger charge is -2.20. The van der Waals surface area contributed by atoms with Gasteiger partial charge in [-0.25, -0.2) is 0 Å². The average Bonchev–Trinajstić information content (AvgIpc) is 3.04. The molecule has 1 aromatic carbocycles. The summed E-state index contributed by atoms with van der Waals surface area (Å²) in [5, 5.41) is 8.06. The summed E-state index contributed by atoms with van der Waals surface area (Å²) in [5.41, 5.74) is 0.408. The van der Waals surface area contributed by atoms with Crippen LogP contribution in [0.2, 0.25) is 10.0 Å². The first-order valence-corrected chi connectivity index (χ1v) is 8.10. The summed E-state index contributed by atoms with van der Waals surface area (Å²) in [7, 11) is 0. The van der Waals surface area contributed by atoms with Crippen molar-refractivity contribution < 1.29 is 9.32 Å². The fraction of sp³-hybridized carbons (Fsp3) is 0.438. The summed E-state index contributed by atoms with van der Waals surface area (Å²) in [6, 6.07) is 5.54. The van der Waals surface area contributed by atoms with Crippen LogP contribution in [0.1, 0.15) is 56.3 Å². The molecule has 1 aliphatic rings. The Bertz CT molecular complexity index is 737. The molecule has 122 valence electrons. The van der Waals surface area contributed by atoms with Crippen molar-refractivity contribution in [2.75, 3.05) is 0 Å². The predicted molar refractivity (Wildman–Crippen MR) is 87.7 cm³/mol. The van der Waals surface area contributed by atoms with Crippen molar-refractivity contribution in [3.63, 3.8) is 0 Å². The van der Waals surface area contributed by atoms with Crippen molar-refractivity contribution in [3.05, 3.63) is 45.5 Å². The van der Waals surface area contributed by atoms with Crippen LogP contribution < -0.4 is 5.32 Å². The van der Waals surface area contributed by atoms with Crippen molar-refractivity contribution in [1.82, 2.24) is 15.5 Å². The molecule has 1 aromatic heterocycles. The first-order chi connectivity index (χ1) is 10.8. The van der Waals surface area contributed by atoms with Crippen LogP contribution in [-0.4, -0.2) is 16.0 Å². The number of amides is 1. The van der Waals surface area contributed by atoms with E-state index in [9.17, 15) is 4.79 Å². The van der Waals surface area contributed by atoms with E-state index in [0.29, 0.717) is 21.8 Å². The molecule has 2 unspecified atom stereocenters. The summed E-state index contributed by atoms with van der Waals surface area (Å²) in [5.74, 6) is 1.36. The molecule has 3 rings (SSSR count). The topological polar surface area (TPSA) is 68.0 Å². The molecule has 0 spiro atoms. The Hall–Kier alpha value is -1.59. The van der Waals surface area contributed by atoms with Gasteiger partial charge in [-0.2, -0.15) is 4.98 Å². The Kier molecular flexibility index (Phi) is 4.10. The first-order valence-electron chi connectivity index (χ1n) is 7.35. The van der Waals surface area contributed by atoms with Gasteiger partial charge in [0.15, 0.2) is 5.82 Å². The Balaban J connectivity index is 1.76. The molecule has 23 heavy (non-hydrogen) atoms. The molecule has 1 saturated carbocycles. The van der Waals surface area contributed by atoms with Gasteiger partial charge in [0.25, 0.3) is 0 Å². The highest BCUT2D eigenvalue weighted by atomic mass is 35.5. The second-order valence-corrected chi connectivity index (χ2v) is 7.29. The third kappa shape index (κ3) is 3.51. The van der Waals surface area contributed by atoms with Crippen molar-refractivity contribution in [1.29, 1.82) is 0 Å². The molecule has 0 radical (unpaired) electrons. The van der Waals surface area contributed by atoms with E-state index < -0.39 is 5.54 Å². The Morgan fingerprint density at radius 3 is 2.52 bits per heavy atom. The molecular formula is C16H17Cl2N3O2. The predicted octanol–water partition coefficient (Wildman–Crippen LogP) is 4.02. The van der Waals surface area contributed by atoms with Crippen LogP contribution >= 0.6 is 23.2 Å². The van der Waals surface area contributed by atoms with Crippen molar-refractivity contribution in [2.24, 2.45) is 0 Å². The molecule has 2 aromatic rings. The van der Waals surface area contributed by atoms with Crippen molar-refractivity contribution >= 4 is 29.1 Å². The first kappa shape index (κ1) is 16.3. The molecular weight excluding hydrogens is 337 g/mol. The van der Waals surface area contributed by atoms with E-state index in [2.05, 4.69) is 15.5 Å². The monoisotopic (exact) mass is 353 g/mol. The quantitative estimate of drug-likeness (QED) is 0.901. The standard InChI is InChI=1S/C16H17Cl2N3O2/c1-8(22)20-16(2,3)15-19-14(23-21-15)13-7-12(13)9-4-10(17)6-11(18)5-9/h4-6,12-13H,7H2,1-3H3,(H,20,22). The maximum absolute atomic E-state index is 11.3. The lowest BCUT2D eigenvalue weighted by Crippen LogP contribution is -2.40. The van der Waals surface area contributed by atoms with E-state index in [1.165, 1.54) is 6.92 Å². The van der Waals surface area contributed by atoms with Gasteiger partial charge in [0.1, 0.15) is 0 Å². The van der Waals surface area contributed by atoms with E-state index >= 15 is 0 Å². The highest BCUT2D eigenvalue weighted by Crippen LogP contribution is 2.54. The summed E-state index contributed by atoms with van der Waals surface area (Å²) in [6.45, 7) is 5.14. The number of nitrogens with zero attached hydrogens (tertiary/aromatic N) is 2. The Morgan fingerprint density at radius 2 is 1.91 bits per heavy atom. The lowest BCUT2D eigenvalue weighted by atomic mass is 10.1. The number of carbonyl (C=O) groups excluding carboxylic acids is 1. The SMILES string of the molecule is CC(=O)NC(C)(C)c1noc(C2CC2c2cc(Cl)cc(Cl)c2)n1. The van der Waals surface area contributed by atoms with Gasteiger partial charge in [-0.1, -0.05) is 28.4 Å². The van der Waals surface area contributed by atoms with Crippen molar-refractivity contribution in [3.8, 4) is 0 Å².